The molecule has 1 aromatic heterocycles. The number of aryl methyl sites for hydroxylation is 1. The number of amides is 1. The van der Waals surface area contributed by atoms with Gasteiger partial charge in [0.1, 0.15) is 11.5 Å². The van der Waals surface area contributed by atoms with Crippen molar-refractivity contribution >= 4 is 5.91 Å². The van der Waals surface area contributed by atoms with Crippen LogP contribution in [0.15, 0.2) is 16.5 Å². The third-order valence-electron chi connectivity index (χ3n) is 2.85. The predicted molar refractivity (Wildman–Crippen MR) is 60.9 cm³/mol. The van der Waals surface area contributed by atoms with Crippen LogP contribution in [0.3, 0.4) is 0 Å². The first-order valence-electron chi connectivity index (χ1n) is 5.82. The van der Waals surface area contributed by atoms with Crippen LogP contribution in [0, 0.1) is 6.92 Å². The first kappa shape index (κ1) is 11.2. The van der Waals surface area contributed by atoms with Gasteiger partial charge >= 0.3 is 0 Å². The molecule has 1 aliphatic rings. The molecule has 1 aliphatic heterocycles. The molecule has 1 amide bonds. The molecule has 88 valence electrons. The van der Waals surface area contributed by atoms with E-state index in [1.807, 2.05) is 19.1 Å². The first-order valence-corrected chi connectivity index (χ1v) is 5.82. The van der Waals surface area contributed by atoms with Crippen LogP contribution in [0.2, 0.25) is 0 Å². The molecule has 0 saturated carbocycles. The average Bonchev–Trinajstić information content (AvgIpc) is 2.56. The van der Waals surface area contributed by atoms with Crippen LogP contribution in [0.5, 0.6) is 0 Å². The summed E-state index contributed by atoms with van der Waals surface area (Å²) in [7, 11) is 0. The highest BCUT2D eigenvalue weighted by Crippen LogP contribution is 2.09. The zero-order valence-electron chi connectivity index (χ0n) is 9.58. The van der Waals surface area contributed by atoms with Gasteiger partial charge in [-0.1, -0.05) is 0 Å². The minimum atomic E-state index is -0.0760. The van der Waals surface area contributed by atoms with E-state index in [2.05, 4.69) is 10.6 Å². The molecule has 0 spiro atoms. The fraction of sp³-hybridized carbons (Fsp3) is 0.583. The standard InChI is InChI=1S/C12H18N2O2/c1-9-5-6-10(16-9)8-14-11-4-2-3-7-13-12(11)15/h5-6,11,14H,2-4,7-8H2,1H3,(H,13,15). The first-order chi connectivity index (χ1) is 7.75. The molecule has 4 heteroatoms. The maximum absolute atomic E-state index is 11.6. The molecule has 1 aromatic rings. The van der Waals surface area contributed by atoms with Crippen LogP contribution in [-0.2, 0) is 11.3 Å². The SMILES string of the molecule is Cc1ccc(CNC2CCCCNC2=O)o1. The lowest BCUT2D eigenvalue weighted by Crippen LogP contribution is -2.42. The van der Waals surface area contributed by atoms with Crippen LogP contribution in [0.4, 0.5) is 0 Å². The molecule has 2 rings (SSSR count). The molecule has 1 atom stereocenters. The number of nitrogens with one attached hydrogen (secondary N) is 2. The highest BCUT2D eigenvalue weighted by atomic mass is 16.3. The number of rotatable bonds is 3. The fourth-order valence-electron chi connectivity index (χ4n) is 1.94. The van der Waals surface area contributed by atoms with Crippen LogP contribution in [0.1, 0.15) is 30.8 Å². The Bertz CT molecular complexity index is 360. The summed E-state index contributed by atoms with van der Waals surface area (Å²) in [5.41, 5.74) is 0. The van der Waals surface area contributed by atoms with E-state index >= 15 is 0 Å². The molecule has 1 saturated heterocycles. The van der Waals surface area contributed by atoms with Gasteiger partial charge in [0.15, 0.2) is 0 Å². The summed E-state index contributed by atoms with van der Waals surface area (Å²) in [4.78, 5) is 11.6. The number of furan rings is 1. The van der Waals surface area contributed by atoms with E-state index in [0.717, 1.165) is 37.3 Å². The second-order valence-electron chi connectivity index (χ2n) is 4.23. The Morgan fingerprint density at radius 3 is 3.12 bits per heavy atom. The molecule has 0 aromatic carbocycles. The van der Waals surface area contributed by atoms with Crippen molar-refractivity contribution in [2.75, 3.05) is 6.54 Å². The average molecular weight is 222 g/mol. The van der Waals surface area contributed by atoms with Crippen molar-refractivity contribution in [2.24, 2.45) is 0 Å². The molecule has 1 fully saturated rings. The maximum atomic E-state index is 11.6. The summed E-state index contributed by atoms with van der Waals surface area (Å²) in [6, 6.07) is 3.80. The van der Waals surface area contributed by atoms with E-state index < -0.39 is 0 Å². The van der Waals surface area contributed by atoms with Gasteiger partial charge in [0, 0.05) is 6.54 Å². The molecule has 0 bridgehead atoms. The van der Waals surface area contributed by atoms with Crippen LogP contribution in [-0.4, -0.2) is 18.5 Å². The molecule has 2 N–H and O–H groups in total. The van der Waals surface area contributed by atoms with E-state index in [0.29, 0.717) is 6.54 Å². The van der Waals surface area contributed by atoms with Gasteiger partial charge in [-0.3, -0.25) is 10.1 Å². The lowest BCUT2D eigenvalue weighted by Gasteiger charge is -2.13. The number of carbonyl (C=O) groups excluding carboxylic acids is 1. The van der Waals surface area contributed by atoms with Gasteiger partial charge in [0.05, 0.1) is 12.6 Å². The Kier molecular flexibility index (Phi) is 3.62. The summed E-state index contributed by atoms with van der Waals surface area (Å²) in [6.45, 7) is 3.34. The van der Waals surface area contributed by atoms with Crippen molar-refractivity contribution in [3.05, 3.63) is 23.7 Å². The second kappa shape index (κ2) is 5.16. The van der Waals surface area contributed by atoms with Crippen molar-refractivity contribution in [2.45, 2.75) is 38.8 Å². The molecule has 1 unspecified atom stereocenters. The van der Waals surface area contributed by atoms with Gasteiger partial charge < -0.3 is 9.73 Å². The maximum Gasteiger partial charge on any atom is 0.237 e. The third kappa shape index (κ3) is 2.85. The van der Waals surface area contributed by atoms with Crippen molar-refractivity contribution < 1.29 is 9.21 Å². The lowest BCUT2D eigenvalue weighted by atomic mass is 10.1. The fourth-order valence-corrected chi connectivity index (χ4v) is 1.94. The normalized spacial score (nSPS) is 21.6. The summed E-state index contributed by atoms with van der Waals surface area (Å²) in [6.07, 6.45) is 3.07. The zero-order valence-corrected chi connectivity index (χ0v) is 9.58. The Morgan fingerprint density at radius 2 is 2.38 bits per heavy atom. The van der Waals surface area contributed by atoms with Crippen LogP contribution in [0.25, 0.3) is 0 Å². The van der Waals surface area contributed by atoms with E-state index in [-0.39, 0.29) is 11.9 Å². The number of hydrogen-bond acceptors (Lipinski definition) is 3. The largest absolute Gasteiger partial charge is 0.465 e. The molecule has 2 heterocycles. The molecular weight excluding hydrogens is 204 g/mol. The van der Waals surface area contributed by atoms with Crippen molar-refractivity contribution in [1.29, 1.82) is 0 Å². The molecule has 16 heavy (non-hydrogen) atoms. The Morgan fingerprint density at radius 1 is 1.50 bits per heavy atom. The minimum Gasteiger partial charge on any atom is -0.465 e. The third-order valence-corrected chi connectivity index (χ3v) is 2.85. The monoisotopic (exact) mass is 222 g/mol. The Labute approximate surface area is 95.4 Å². The van der Waals surface area contributed by atoms with Gasteiger partial charge in [-0.25, -0.2) is 0 Å². The smallest absolute Gasteiger partial charge is 0.237 e. The molecule has 4 nitrogen and oxygen atoms in total. The van der Waals surface area contributed by atoms with Gasteiger partial charge in [0.2, 0.25) is 5.91 Å². The number of hydrogen-bond donors (Lipinski definition) is 2. The van der Waals surface area contributed by atoms with Gasteiger partial charge in [-0.2, -0.15) is 0 Å². The predicted octanol–water partition coefficient (Wildman–Crippen LogP) is 1.35. The Hall–Kier alpha value is -1.29. The second-order valence-corrected chi connectivity index (χ2v) is 4.23. The van der Waals surface area contributed by atoms with Crippen molar-refractivity contribution in [3.63, 3.8) is 0 Å². The topological polar surface area (TPSA) is 54.3 Å². The molecular formula is C12H18N2O2. The van der Waals surface area contributed by atoms with E-state index in [1.54, 1.807) is 0 Å². The van der Waals surface area contributed by atoms with Crippen LogP contribution >= 0.6 is 0 Å². The van der Waals surface area contributed by atoms with E-state index in [9.17, 15) is 4.79 Å². The quantitative estimate of drug-likeness (QED) is 0.811. The minimum absolute atomic E-state index is 0.0760. The zero-order chi connectivity index (χ0) is 11.4. The summed E-state index contributed by atoms with van der Waals surface area (Å²) >= 11 is 0. The summed E-state index contributed by atoms with van der Waals surface area (Å²) in [5.74, 6) is 1.90. The highest BCUT2D eigenvalue weighted by Gasteiger charge is 2.19. The number of carbonyl (C=O) groups is 1. The van der Waals surface area contributed by atoms with Crippen LogP contribution < -0.4 is 10.6 Å². The van der Waals surface area contributed by atoms with Crippen molar-refractivity contribution in [1.82, 2.24) is 10.6 Å². The van der Waals surface area contributed by atoms with Crippen molar-refractivity contribution in [3.8, 4) is 0 Å². The molecule has 0 aliphatic carbocycles. The summed E-state index contributed by atoms with van der Waals surface area (Å²) in [5, 5.41) is 6.14. The van der Waals surface area contributed by atoms with Gasteiger partial charge in [0.25, 0.3) is 0 Å². The molecule has 0 radical (unpaired) electrons. The summed E-state index contributed by atoms with van der Waals surface area (Å²) < 4.78 is 5.45. The van der Waals surface area contributed by atoms with Gasteiger partial charge in [-0.15, -0.1) is 0 Å². The van der Waals surface area contributed by atoms with Gasteiger partial charge in [-0.05, 0) is 38.3 Å². The lowest BCUT2D eigenvalue weighted by molar-refractivity contribution is -0.122. The van der Waals surface area contributed by atoms with E-state index in [1.165, 1.54) is 0 Å². The Balaban J connectivity index is 1.86. The highest BCUT2D eigenvalue weighted by molar-refractivity contribution is 5.81. The van der Waals surface area contributed by atoms with E-state index in [4.69, 9.17) is 4.42 Å².